The Morgan fingerprint density at radius 2 is 2.00 bits per heavy atom. The molecule has 0 saturated heterocycles. The van der Waals surface area contributed by atoms with Crippen molar-refractivity contribution in [1.82, 2.24) is 0 Å². The second kappa shape index (κ2) is 4.33. The van der Waals surface area contributed by atoms with E-state index in [1.807, 2.05) is 0 Å². The van der Waals surface area contributed by atoms with Crippen molar-refractivity contribution < 1.29 is 13.6 Å². The summed E-state index contributed by atoms with van der Waals surface area (Å²) in [6.07, 6.45) is 0.0424. The smallest absolute Gasteiger partial charge is 0.159 e. The molecule has 0 spiro atoms. The van der Waals surface area contributed by atoms with Gasteiger partial charge in [-0.2, -0.15) is 0 Å². The minimum atomic E-state index is -0.945. The van der Waals surface area contributed by atoms with E-state index in [4.69, 9.17) is 11.6 Å². The maximum absolute atomic E-state index is 12.6. The molecular weight excluding hydrogens is 198 g/mol. The summed E-state index contributed by atoms with van der Waals surface area (Å²) in [6, 6.07) is 3.36. The highest BCUT2D eigenvalue weighted by molar-refractivity contribution is 6.27. The SMILES string of the molecule is O=C(CCl)Cc1ccc(F)c(F)c1. The lowest BCUT2D eigenvalue weighted by Crippen LogP contribution is -2.04. The van der Waals surface area contributed by atoms with Crippen molar-refractivity contribution in [3.63, 3.8) is 0 Å². The molecule has 0 heterocycles. The molecule has 1 rings (SSSR count). The van der Waals surface area contributed by atoms with E-state index in [9.17, 15) is 13.6 Å². The monoisotopic (exact) mass is 204 g/mol. The third kappa shape index (κ3) is 2.77. The molecule has 0 N–H and O–H groups in total. The van der Waals surface area contributed by atoms with Crippen molar-refractivity contribution in [2.24, 2.45) is 0 Å². The number of hydrogen-bond acceptors (Lipinski definition) is 1. The quantitative estimate of drug-likeness (QED) is 0.691. The number of hydrogen-bond donors (Lipinski definition) is 0. The predicted octanol–water partition coefficient (Wildman–Crippen LogP) is 2.32. The molecular formula is C9H7ClF2O. The minimum absolute atomic E-state index is 0.0424. The van der Waals surface area contributed by atoms with Gasteiger partial charge in [-0.1, -0.05) is 6.07 Å². The van der Waals surface area contributed by atoms with Crippen LogP contribution in [0.4, 0.5) is 8.78 Å². The van der Waals surface area contributed by atoms with Crippen LogP contribution in [-0.2, 0) is 11.2 Å². The third-order valence-electron chi connectivity index (χ3n) is 1.53. The van der Waals surface area contributed by atoms with Crippen LogP contribution in [0.1, 0.15) is 5.56 Å². The highest BCUT2D eigenvalue weighted by atomic mass is 35.5. The first kappa shape index (κ1) is 10.1. The predicted molar refractivity (Wildman–Crippen MR) is 45.8 cm³/mol. The Balaban J connectivity index is 2.79. The van der Waals surface area contributed by atoms with Gasteiger partial charge in [-0.15, -0.1) is 11.6 Å². The van der Waals surface area contributed by atoms with Crippen LogP contribution in [0.3, 0.4) is 0 Å². The number of carbonyl (C=O) groups is 1. The number of alkyl halides is 1. The molecule has 0 aromatic heterocycles. The Morgan fingerprint density at radius 3 is 2.54 bits per heavy atom. The van der Waals surface area contributed by atoms with Gasteiger partial charge in [0.25, 0.3) is 0 Å². The standard InChI is InChI=1S/C9H7ClF2O/c10-5-7(13)3-6-1-2-8(11)9(12)4-6/h1-2,4H,3,5H2. The molecule has 0 amide bonds. The number of Topliss-reactive ketones (excluding diaryl/α,β-unsaturated/α-hetero) is 1. The van der Waals surface area contributed by atoms with E-state index in [1.54, 1.807) is 0 Å². The van der Waals surface area contributed by atoms with Gasteiger partial charge in [-0.25, -0.2) is 8.78 Å². The lowest BCUT2D eigenvalue weighted by Gasteiger charge is -1.98. The Bertz CT molecular complexity index is 325. The molecule has 1 nitrogen and oxygen atoms in total. The van der Waals surface area contributed by atoms with Gasteiger partial charge < -0.3 is 0 Å². The van der Waals surface area contributed by atoms with E-state index < -0.39 is 11.6 Å². The summed E-state index contributed by atoms with van der Waals surface area (Å²) in [4.78, 5) is 10.8. The van der Waals surface area contributed by atoms with Crippen LogP contribution >= 0.6 is 11.6 Å². The van der Waals surface area contributed by atoms with Gasteiger partial charge in [0.15, 0.2) is 17.4 Å². The number of halogens is 3. The van der Waals surface area contributed by atoms with Crippen molar-refractivity contribution in [2.75, 3.05) is 5.88 Å². The summed E-state index contributed by atoms with van der Waals surface area (Å²) < 4.78 is 25.0. The van der Waals surface area contributed by atoms with Crippen LogP contribution < -0.4 is 0 Å². The maximum atomic E-state index is 12.6. The maximum Gasteiger partial charge on any atom is 0.159 e. The number of carbonyl (C=O) groups excluding carboxylic acids is 1. The molecule has 13 heavy (non-hydrogen) atoms. The Labute approximate surface area is 79.3 Å². The van der Waals surface area contributed by atoms with Crippen molar-refractivity contribution in [3.05, 3.63) is 35.4 Å². The van der Waals surface area contributed by atoms with E-state index >= 15 is 0 Å². The first-order valence-corrected chi connectivity index (χ1v) is 4.18. The lowest BCUT2D eigenvalue weighted by molar-refractivity contribution is -0.116. The van der Waals surface area contributed by atoms with E-state index in [0.29, 0.717) is 5.56 Å². The number of rotatable bonds is 3. The van der Waals surface area contributed by atoms with Gasteiger partial charge in [0, 0.05) is 6.42 Å². The van der Waals surface area contributed by atoms with Crippen LogP contribution in [0.25, 0.3) is 0 Å². The zero-order valence-electron chi connectivity index (χ0n) is 6.69. The minimum Gasteiger partial charge on any atom is -0.298 e. The van der Waals surface area contributed by atoms with E-state index in [2.05, 4.69) is 0 Å². The van der Waals surface area contributed by atoms with E-state index in [0.717, 1.165) is 12.1 Å². The van der Waals surface area contributed by atoms with Gasteiger partial charge in [-0.3, -0.25) is 4.79 Å². The van der Waals surface area contributed by atoms with Gasteiger partial charge in [0.2, 0.25) is 0 Å². The average molecular weight is 205 g/mol. The van der Waals surface area contributed by atoms with Crippen molar-refractivity contribution in [2.45, 2.75) is 6.42 Å². The normalized spacial score (nSPS) is 10.1. The van der Waals surface area contributed by atoms with Gasteiger partial charge in [0.1, 0.15) is 0 Å². The molecule has 0 radical (unpaired) electrons. The van der Waals surface area contributed by atoms with E-state index in [1.165, 1.54) is 6.07 Å². The molecule has 4 heteroatoms. The molecule has 0 atom stereocenters. The molecule has 0 bridgehead atoms. The Kier molecular flexibility index (Phi) is 3.37. The fourth-order valence-corrected chi connectivity index (χ4v) is 1.02. The van der Waals surface area contributed by atoms with Crippen LogP contribution in [-0.4, -0.2) is 11.7 Å². The third-order valence-corrected chi connectivity index (χ3v) is 1.83. The van der Waals surface area contributed by atoms with Crippen molar-refractivity contribution >= 4 is 17.4 Å². The van der Waals surface area contributed by atoms with Crippen molar-refractivity contribution in [3.8, 4) is 0 Å². The lowest BCUT2D eigenvalue weighted by atomic mass is 10.1. The van der Waals surface area contributed by atoms with Gasteiger partial charge in [-0.05, 0) is 17.7 Å². The fraction of sp³-hybridized carbons (Fsp3) is 0.222. The zero-order valence-corrected chi connectivity index (χ0v) is 7.44. The number of benzene rings is 1. The summed E-state index contributed by atoms with van der Waals surface area (Å²) in [7, 11) is 0. The highest BCUT2D eigenvalue weighted by Crippen LogP contribution is 2.09. The average Bonchev–Trinajstić information content (AvgIpc) is 2.11. The molecule has 70 valence electrons. The summed E-state index contributed by atoms with van der Waals surface area (Å²) >= 11 is 5.26. The Hall–Kier alpha value is -0.960. The second-order valence-corrected chi connectivity index (χ2v) is 2.86. The molecule has 0 aliphatic rings. The topological polar surface area (TPSA) is 17.1 Å². The largest absolute Gasteiger partial charge is 0.298 e. The molecule has 0 aliphatic heterocycles. The molecule has 0 unspecified atom stereocenters. The Morgan fingerprint density at radius 1 is 1.31 bits per heavy atom. The molecule has 0 aliphatic carbocycles. The highest BCUT2D eigenvalue weighted by Gasteiger charge is 2.05. The number of ketones is 1. The van der Waals surface area contributed by atoms with Crippen LogP contribution in [0.5, 0.6) is 0 Å². The van der Waals surface area contributed by atoms with Crippen LogP contribution in [0, 0.1) is 11.6 Å². The summed E-state index contributed by atoms with van der Waals surface area (Å²) in [6.45, 7) is 0. The molecule has 1 aromatic carbocycles. The summed E-state index contributed by atoms with van der Waals surface area (Å²) in [5, 5.41) is 0. The van der Waals surface area contributed by atoms with Crippen LogP contribution in [0.2, 0.25) is 0 Å². The van der Waals surface area contributed by atoms with E-state index in [-0.39, 0.29) is 18.1 Å². The summed E-state index contributed by atoms with van der Waals surface area (Å²) in [5.41, 5.74) is 0.435. The summed E-state index contributed by atoms with van der Waals surface area (Å²) in [5.74, 6) is -2.19. The fourth-order valence-electron chi connectivity index (χ4n) is 0.925. The molecule has 1 aromatic rings. The first-order chi connectivity index (χ1) is 6.13. The van der Waals surface area contributed by atoms with Gasteiger partial charge >= 0.3 is 0 Å². The van der Waals surface area contributed by atoms with Crippen molar-refractivity contribution in [1.29, 1.82) is 0 Å². The van der Waals surface area contributed by atoms with Gasteiger partial charge in [0.05, 0.1) is 5.88 Å². The second-order valence-electron chi connectivity index (χ2n) is 2.60. The first-order valence-electron chi connectivity index (χ1n) is 3.65. The van der Waals surface area contributed by atoms with Crippen LogP contribution in [0.15, 0.2) is 18.2 Å². The zero-order chi connectivity index (χ0) is 9.84. The molecule has 0 fully saturated rings. The molecule has 0 saturated carbocycles.